The molecule has 1 unspecified atom stereocenters. The van der Waals surface area contributed by atoms with Crippen molar-refractivity contribution in [3.63, 3.8) is 0 Å². The van der Waals surface area contributed by atoms with Crippen molar-refractivity contribution in [1.82, 2.24) is 10.3 Å². The number of pyridine rings is 1. The summed E-state index contributed by atoms with van der Waals surface area (Å²) in [5.74, 6) is 0.781. The van der Waals surface area contributed by atoms with Crippen LogP contribution in [0.4, 0.5) is 0 Å². The monoisotopic (exact) mass is 316 g/mol. The molecule has 23 heavy (non-hydrogen) atoms. The molecular weight excluding hydrogens is 292 g/mol. The maximum Gasteiger partial charge on any atom is 0.252 e. The minimum absolute atomic E-state index is 0.0487. The largest absolute Gasteiger partial charge is 0.497 e. The standard InChI is InChI=1S/C18H24N2O3/c1-11(2)16(7-8-21)20-18(22)15-9-12(3)19-17-6-5-13(23-4)10-14(15)17/h5-6,9-11,16,21H,7-8H2,1-4H3,(H,20,22). The zero-order valence-corrected chi connectivity index (χ0v) is 14.1. The summed E-state index contributed by atoms with van der Waals surface area (Å²) in [6.45, 7) is 5.97. The Morgan fingerprint density at radius 1 is 1.35 bits per heavy atom. The quantitative estimate of drug-likeness (QED) is 0.859. The number of fused-ring (bicyclic) bond motifs is 1. The Hall–Kier alpha value is -2.14. The van der Waals surface area contributed by atoms with E-state index in [2.05, 4.69) is 10.3 Å². The summed E-state index contributed by atoms with van der Waals surface area (Å²) >= 11 is 0. The molecule has 2 rings (SSSR count). The van der Waals surface area contributed by atoms with Gasteiger partial charge in [-0.1, -0.05) is 13.8 Å². The van der Waals surface area contributed by atoms with E-state index in [1.165, 1.54) is 0 Å². The molecule has 2 aromatic rings. The summed E-state index contributed by atoms with van der Waals surface area (Å²) in [6, 6.07) is 7.23. The molecule has 0 radical (unpaired) electrons. The number of amides is 1. The average Bonchev–Trinajstić information content (AvgIpc) is 2.52. The molecule has 5 nitrogen and oxygen atoms in total. The van der Waals surface area contributed by atoms with E-state index in [-0.39, 0.29) is 24.5 Å². The van der Waals surface area contributed by atoms with E-state index in [9.17, 15) is 9.90 Å². The van der Waals surface area contributed by atoms with Crippen LogP contribution in [0.1, 0.15) is 36.3 Å². The summed E-state index contributed by atoms with van der Waals surface area (Å²) < 4.78 is 5.25. The van der Waals surface area contributed by atoms with Crippen LogP contribution >= 0.6 is 0 Å². The van der Waals surface area contributed by atoms with E-state index in [1.54, 1.807) is 13.2 Å². The van der Waals surface area contributed by atoms with Crippen LogP contribution in [0.5, 0.6) is 5.75 Å². The zero-order chi connectivity index (χ0) is 17.0. The summed E-state index contributed by atoms with van der Waals surface area (Å²) in [6.07, 6.45) is 0.536. The number of aryl methyl sites for hydroxylation is 1. The molecule has 0 saturated heterocycles. The maximum atomic E-state index is 12.7. The Balaban J connectivity index is 2.42. The van der Waals surface area contributed by atoms with Crippen molar-refractivity contribution >= 4 is 16.8 Å². The third-order valence-electron chi connectivity index (χ3n) is 3.95. The minimum atomic E-state index is -0.152. The Morgan fingerprint density at radius 2 is 2.09 bits per heavy atom. The Labute approximate surface area is 136 Å². The fourth-order valence-corrected chi connectivity index (χ4v) is 2.61. The van der Waals surface area contributed by atoms with E-state index < -0.39 is 0 Å². The van der Waals surface area contributed by atoms with Crippen LogP contribution in [0.2, 0.25) is 0 Å². The van der Waals surface area contributed by atoms with E-state index in [0.29, 0.717) is 17.7 Å². The van der Waals surface area contributed by atoms with Gasteiger partial charge >= 0.3 is 0 Å². The van der Waals surface area contributed by atoms with Gasteiger partial charge in [-0.15, -0.1) is 0 Å². The van der Waals surface area contributed by atoms with Crippen LogP contribution < -0.4 is 10.1 Å². The minimum Gasteiger partial charge on any atom is -0.497 e. The number of benzene rings is 1. The second-order valence-corrected chi connectivity index (χ2v) is 6.03. The van der Waals surface area contributed by atoms with Gasteiger partial charge in [-0.2, -0.15) is 0 Å². The van der Waals surface area contributed by atoms with Crippen molar-refractivity contribution in [1.29, 1.82) is 0 Å². The predicted molar refractivity (Wildman–Crippen MR) is 90.8 cm³/mol. The SMILES string of the molecule is COc1ccc2nc(C)cc(C(=O)NC(CCO)C(C)C)c2c1. The van der Waals surface area contributed by atoms with Crippen molar-refractivity contribution in [3.8, 4) is 5.75 Å². The van der Waals surface area contributed by atoms with Crippen LogP contribution in [-0.2, 0) is 0 Å². The van der Waals surface area contributed by atoms with Crippen molar-refractivity contribution in [3.05, 3.63) is 35.5 Å². The lowest BCUT2D eigenvalue weighted by molar-refractivity contribution is 0.0918. The molecule has 1 amide bonds. The summed E-state index contributed by atoms with van der Waals surface area (Å²) in [5.41, 5.74) is 2.13. The first-order valence-electron chi connectivity index (χ1n) is 7.83. The Morgan fingerprint density at radius 3 is 2.70 bits per heavy atom. The van der Waals surface area contributed by atoms with Crippen molar-refractivity contribution in [2.75, 3.05) is 13.7 Å². The molecule has 0 bridgehead atoms. The van der Waals surface area contributed by atoms with Crippen molar-refractivity contribution in [2.24, 2.45) is 5.92 Å². The topological polar surface area (TPSA) is 71.5 Å². The first-order chi connectivity index (χ1) is 11.0. The number of carbonyl (C=O) groups is 1. The zero-order valence-electron chi connectivity index (χ0n) is 14.1. The third-order valence-corrected chi connectivity index (χ3v) is 3.95. The number of rotatable bonds is 6. The second kappa shape index (κ2) is 7.42. The molecular formula is C18H24N2O3. The third kappa shape index (κ3) is 3.99. The summed E-state index contributed by atoms with van der Waals surface area (Å²) in [7, 11) is 1.60. The highest BCUT2D eigenvalue weighted by molar-refractivity contribution is 6.06. The number of methoxy groups -OCH3 is 1. The molecule has 0 aliphatic heterocycles. The first kappa shape index (κ1) is 17.2. The van der Waals surface area contributed by atoms with Crippen LogP contribution in [0, 0.1) is 12.8 Å². The van der Waals surface area contributed by atoms with Gasteiger partial charge in [-0.25, -0.2) is 0 Å². The fourth-order valence-electron chi connectivity index (χ4n) is 2.61. The van der Waals surface area contributed by atoms with Gasteiger partial charge in [-0.05, 0) is 43.5 Å². The lowest BCUT2D eigenvalue weighted by Gasteiger charge is -2.22. The van der Waals surface area contributed by atoms with Gasteiger partial charge in [0, 0.05) is 23.7 Å². The van der Waals surface area contributed by atoms with Gasteiger partial charge in [0.2, 0.25) is 0 Å². The molecule has 5 heteroatoms. The molecule has 1 aromatic carbocycles. The van der Waals surface area contributed by atoms with Gasteiger partial charge in [0.05, 0.1) is 18.2 Å². The van der Waals surface area contributed by atoms with E-state index in [4.69, 9.17) is 4.74 Å². The predicted octanol–water partition coefficient (Wildman–Crippen LogP) is 2.69. The van der Waals surface area contributed by atoms with Gasteiger partial charge in [0.1, 0.15) is 5.75 Å². The van der Waals surface area contributed by atoms with Gasteiger partial charge in [0.25, 0.3) is 5.91 Å². The Kier molecular flexibility index (Phi) is 5.55. The number of aliphatic hydroxyl groups is 1. The summed E-state index contributed by atoms with van der Waals surface area (Å²) in [5, 5.41) is 13.0. The first-order valence-corrected chi connectivity index (χ1v) is 7.83. The molecule has 0 saturated carbocycles. The van der Waals surface area contributed by atoms with Crippen molar-refractivity contribution < 1.29 is 14.6 Å². The molecule has 1 aromatic heterocycles. The number of nitrogens with one attached hydrogen (secondary N) is 1. The average molecular weight is 316 g/mol. The fraction of sp³-hybridized carbons (Fsp3) is 0.444. The normalized spacial score (nSPS) is 12.4. The number of hydrogen-bond donors (Lipinski definition) is 2. The van der Waals surface area contributed by atoms with E-state index >= 15 is 0 Å². The van der Waals surface area contributed by atoms with Gasteiger partial charge in [-0.3, -0.25) is 9.78 Å². The highest BCUT2D eigenvalue weighted by atomic mass is 16.5. The molecule has 1 heterocycles. The smallest absolute Gasteiger partial charge is 0.252 e. The summed E-state index contributed by atoms with van der Waals surface area (Å²) in [4.78, 5) is 17.2. The lowest BCUT2D eigenvalue weighted by atomic mass is 10.00. The highest BCUT2D eigenvalue weighted by Crippen LogP contribution is 2.24. The van der Waals surface area contributed by atoms with Gasteiger partial charge < -0.3 is 15.2 Å². The second-order valence-electron chi connectivity index (χ2n) is 6.03. The molecule has 2 N–H and O–H groups in total. The molecule has 0 aliphatic rings. The number of hydrogen-bond acceptors (Lipinski definition) is 4. The number of ether oxygens (including phenoxy) is 1. The number of aliphatic hydroxyl groups excluding tert-OH is 1. The lowest BCUT2D eigenvalue weighted by Crippen LogP contribution is -2.39. The molecule has 0 fully saturated rings. The van der Waals surface area contributed by atoms with Crippen LogP contribution in [0.25, 0.3) is 10.9 Å². The number of carbonyl (C=O) groups excluding carboxylic acids is 1. The van der Waals surface area contributed by atoms with Crippen LogP contribution in [0.3, 0.4) is 0 Å². The molecule has 0 spiro atoms. The highest BCUT2D eigenvalue weighted by Gasteiger charge is 2.19. The number of nitrogens with zero attached hydrogens (tertiary/aromatic N) is 1. The molecule has 0 aliphatic carbocycles. The van der Waals surface area contributed by atoms with E-state index in [1.807, 2.05) is 39.0 Å². The van der Waals surface area contributed by atoms with E-state index in [0.717, 1.165) is 16.6 Å². The molecule has 124 valence electrons. The van der Waals surface area contributed by atoms with Crippen molar-refractivity contribution in [2.45, 2.75) is 33.2 Å². The van der Waals surface area contributed by atoms with Crippen LogP contribution in [0.15, 0.2) is 24.3 Å². The number of aromatic nitrogens is 1. The van der Waals surface area contributed by atoms with Gasteiger partial charge in [0.15, 0.2) is 0 Å². The Bertz CT molecular complexity index is 698. The maximum absolute atomic E-state index is 12.7. The van der Waals surface area contributed by atoms with Crippen LogP contribution in [-0.4, -0.2) is 35.8 Å². The molecule has 1 atom stereocenters.